The summed E-state index contributed by atoms with van der Waals surface area (Å²) in [6, 6.07) is 7.28. The van der Waals surface area contributed by atoms with Gasteiger partial charge in [-0.2, -0.15) is 0 Å². The van der Waals surface area contributed by atoms with Crippen molar-refractivity contribution in [1.82, 2.24) is 4.90 Å². The number of thioether (sulfide) groups is 1. The van der Waals surface area contributed by atoms with Gasteiger partial charge in [0.25, 0.3) is 0 Å². The van der Waals surface area contributed by atoms with Crippen molar-refractivity contribution in [2.75, 3.05) is 13.1 Å². The van der Waals surface area contributed by atoms with E-state index in [4.69, 9.17) is 11.6 Å². The van der Waals surface area contributed by atoms with E-state index in [0.717, 1.165) is 18.5 Å². The second-order valence-corrected chi connectivity index (χ2v) is 6.37. The zero-order chi connectivity index (χ0) is 14.1. The van der Waals surface area contributed by atoms with Crippen molar-refractivity contribution in [2.45, 2.75) is 11.7 Å². The third kappa shape index (κ3) is 2.43. The summed E-state index contributed by atoms with van der Waals surface area (Å²) in [6.07, 6.45) is 2.56. The first-order valence-electron chi connectivity index (χ1n) is 6.32. The first-order valence-corrected chi connectivity index (χ1v) is 7.58. The van der Waals surface area contributed by atoms with E-state index in [-0.39, 0.29) is 10.4 Å². The van der Waals surface area contributed by atoms with Gasteiger partial charge in [-0.3, -0.25) is 4.79 Å². The Balaban J connectivity index is 1.87. The number of hydrogen-bond acceptors (Lipinski definition) is 4. The molecular weight excluding hydrogens is 296 g/mol. The fraction of sp³-hybridized carbons (Fsp3) is 0.286. The summed E-state index contributed by atoms with van der Waals surface area (Å²) in [5.74, 6) is 0.458. The quantitative estimate of drug-likeness (QED) is 0.375. The highest BCUT2D eigenvalue weighted by molar-refractivity contribution is 8.15. The molecule has 1 aromatic rings. The van der Waals surface area contributed by atoms with Gasteiger partial charge in [-0.25, -0.2) is 0 Å². The second kappa shape index (κ2) is 5.50. The van der Waals surface area contributed by atoms with Crippen molar-refractivity contribution in [2.24, 2.45) is 5.16 Å². The van der Waals surface area contributed by atoms with Crippen LogP contribution in [0, 0.1) is 0 Å². The van der Waals surface area contributed by atoms with Crippen molar-refractivity contribution < 1.29 is 10.0 Å². The van der Waals surface area contributed by atoms with Crippen LogP contribution in [0.25, 0.3) is 0 Å². The maximum absolute atomic E-state index is 11.4. The minimum atomic E-state index is 0.118. The minimum Gasteiger partial charge on any atom is -0.409 e. The van der Waals surface area contributed by atoms with Gasteiger partial charge in [0.15, 0.2) is 5.84 Å². The standard InChI is InChI=1S/C14H13ClN2O2S/c15-11-4-2-1-3-10(11)14(16-19)17-6-5-12-9(8-17)7-13(18)20-12/h1-4,7,12,19H,5-6,8H2/b16-14+. The van der Waals surface area contributed by atoms with Crippen molar-refractivity contribution in [1.29, 1.82) is 0 Å². The number of rotatable bonds is 1. The molecule has 2 heterocycles. The molecule has 6 heteroatoms. The third-order valence-corrected chi connectivity index (χ3v) is 5.02. The fourth-order valence-electron chi connectivity index (χ4n) is 2.57. The van der Waals surface area contributed by atoms with E-state index in [1.165, 1.54) is 11.8 Å². The Morgan fingerprint density at radius 2 is 2.25 bits per heavy atom. The van der Waals surface area contributed by atoms with E-state index >= 15 is 0 Å². The Morgan fingerprint density at radius 1 is 1.45 bits per heavy atom. The Labute approximate surface area is 126 Å². The highest BCUT2D eigenvalue weighted by Gasteiger charge is 2.33. The van der Waals surface area contributed by atoms with Crippen molar-refractivity contribution in [3.63, 3.8) is 0 Å². The van der Waals surface area contributed by atoms with Crippen molar-refractivity contribution in [3.8, 4) is 0 Å². The first kappa shape index (κ1) is 13.5. The Bertz CT molecular complexity index is 615. The summed E-state index contributed by atoms with van der Waals surface area (Å²) in [5.41, 5.74) is 1.80. The molecule has 0 aromatic heterocycles. The molecule has 0 aliphatic carbocycles. The maximum atomic E-state index is 11.4. The van der Waals surface area contributed by atoms with Gasteiger partial charge < -0.3 is 10.1 Å². The molecule has 0 amide bonds. The van der Waals surface area contributed by atoms with E-state index in [9.17, 15) is 10.0 Å². The topological polar surface area (TPSA) is 52.9 Å². The Morgan fingerprint density at radius 3 is 3.00 bits per heavy atom. The van der Waals surface area contributed by atoms with Crippen LogP contribution < -0.4 is 0 Å². The monoisotopic (exact) mass is 308 g/mol. The number of halogens is 1. The molecule has 20 heavy (non-hydrogen) atoms. The van der Waals surface area contributed by atoms with E-state index in [1.807, 2.05) is 23.1 Å². The van der Waals surface area contributed by atoms with Gasteiger partial charge >= 0.3 is 0 Å². The van der Waals surface area contributed by atoms with Crippen LogP contribution in [0.5, 0.6) is 0 Å². The molecule has 0 bridgehead atoms. The van der Waals surface area contributed by atoms with E-state index < -0.39 is 0 Å². The third-order valence-electron chi connectivity index (χ3n) is 3.52. The largest absolute Gasteiger partial charge is 0.409 e. The number of carbonyl (C=O) groups excluding carboxylic acids is 1. The molecule has 1 saturated heterocycles. The molecule has 2 aliphatic heterocycles. The summed E-state index contributed by atoms with van der Waals surface area (Å²) in [7, 11) is 0. The van der Waals surface area contributed by atoms with Crippen LogP contribution in [0.2, 0.25) is 5.02 Å². The molecule has 104 valence electrons. The molecule has 1 unspecified atom stereocenters. The van der Waals surface area contributed by atoms with Gasteiger partial charge in [-0.05, 0) is 30.2 Å². The molecule has 3 rings (SSSR count). The number of hydrogen-bond donors (Lipinski definition) is 1. The molecule has 0 spiro atoms. The molecule has 1 N–H and O–H groups in total. The van der Waals surface area contributed by atoms with Crippen molar-refractivity contribution >= 4 is 34.3 Å². The Kier molecular flexibility index (Phi) is 3.72. The molecule has 1 fully saturated rings. The van der Waals surface area contributed by atoms with Gasteiger partial charge in [0.1, 0.15) is 0 Å². The normalized spacial score (nSPS) is 22.8. The molecule has 1 atom stereocenters. The average Bonchev–Trinajstić information content (AvgIpc) is 2.81. The number of fused-ring (bicyclic) bond motifs is 1. The van der Waals surface area contributed by atoms with Crippen LogP contribution in [0.3, 0.4) is 0 Å². The van der Waals surface area contributed by atoms with Crippen LogP contribution in [0.1, 0.15) is 12.0 Å². The molecule has 0 saturated carbocycles. The predicted molar refractivity (Wildman–Crippen MR) is 80.4 cm³/mol. The number of benzene rings is 1. The lowest BCUT2D eigenvalue weighted by Gasteiger charge is -2.33. The summed E-state index contributed by atoms with van der Waals surface area (Å²) >= 11 is 7.54. The SMILES string of the molecule is O=C1C=C2CN(/C(=N/O)c3ccccc3Cl)CCC2S1. The number of amidine groups is 1. The van der Waals surface area contributed by atoms with Crippen LogP contribution in [-0.2, 0) is 4.79 Å². The zero-order valence-corrected chi connectivity index (χ0v) is 12.2. The van der Waals surface area contributed by atoms with Gasteiger partial charge in [0.05, 0.1) is 5.02 Å². The molecule has 4 nitrogen and oxygen atoms in total. The summed E-state index contributed by atoms with van der Waals surface area (Å²) in [5, 5.41) is 13.7. The number of oxime groups is 1. The second-order valence-electron chi connectivity index (χ2n) is 4.76. The van der Waals surface area contributed by atoms with Gasteiger partial charge in [0.2, 0.25) is 5.12 Å². The fourth-order valence-corrected chi connectivity index (χ4v) is 3.81. The maximum Gasteiger partial charge on any atom is 0.212 e. The zero-order valence-electron chi connectivity index (χ0n) is 10.6. The Hall–Kier alpha value is -1.46. The number of piperidine rings is 1. The number of nitrogens with zero attached hydrogens (tertiary/aromatic N) is 2. The lowest BCUT2D eigenvalue weighted by atomic mass is 10.0. The van der Waals surface area contributed by atoms with E-state index in [2.05, 4.69) is 5.16 Å². The highest BCUT2D eigenvalue weighted by atomic mass is 35.5. The molecular formula is C14H13ClN2O2S. The number of carbonyl (C=O) groups is 1. The van der Waals surface area contributed by atoms with Gasteiger partial charge in [-0.1, -0.05) is 40.7 Å². The van der Waals surface area contributed by atoms with E-state index in [0.29, 0.717) is 23.0 Å². The molecule has 2 aliphatic rings. The van der Waals surface area contributed by atoms with Crippen LogP contribution in [0.15, 0.2) is 41.1 Å². The molecule has 0 radical (unpaired) electrons. The summed E-state index contributed by atoms with van der Waals surface area (Å²) < 4.78 is 0. The lowest BCUT2D eigenvalue weighted by Crippen LogP contribution is -2.40. The van der Waals surface area contributed by atoms with E-state index in [1.54, 1.807) is 12.1 Å². The minimum absolute atomic E-state index is 0.118. The first-order chi connectivity index (χ1) is 9.69. The van der Waals surface area contributed by atoms with Gasteiger partial charge in [-0.15, -0.1) is 0 Å². The highest BCUT2D eigenvalue weighted by Crippen LogP contribution is 2.35. The summed E-state index contributed by atoms with van der Waals surface area (Å²) in [6.45, 7) is 1.35. The van der Waals surface area contributed by atoms with Gasteiger partial charge in [0, 0.05) is 23.9 Å². The van der Waals surface area contributed by atoms with Crippen LogP contribution in [-0.4, -0.2) is 39.4 Å². The van der Waals surface area contributed by atoms with Crippen LogP contribution >= 0.6 is 23.4 Å². The molecule has 1 aromatic carbocycles. The number of likely N-dealkylation sites (tertiary alicyclic amines) is 1. The lowest BCUT2D eigenvalue weighted by molar-refractivity contribution is -0.106. The van der Waals surface area contributed by atoms with Crippen molar-refractivity contribution in [3.05, 3.63) is 46.5 Å². The summed E-state index contributed by atoms with van der Waals surface area (Å²) in [4.78, 5) is 13.4. The van der Waals surface area contributed by atoms with Crippen LogP contribution in [0.4, 0.5) is 0 Å². The smallest absolute Gasteiger partial charge is 0.212 e. The predicted octanol–water partition coefficient (Wildman–Crippen LogP) is 2.75. The average molecular weight is 309 g/mol.